The van der Waals surface area contributed by atoms with E-state index in [2.05, 4.69) is 41.5 Å². The number of hydrogen-bond donors (Lipinski definition) is 2. The Bertz CT molecular complexity index is 895. The topological polar surface area (TPSA) is 57.5 Å². The molecule has 0 aliphatic carbocycles. The first-order valence-corrected chi connectivity index (χ1v) is 40.8. The fraction of sp³-hybridized carbons (Fsp3) is 1.00. The first-order valence-electron chi connectivity index (χ1n) is 34.9. The quantitative estimate of drug-likeness (QED) is 0.0362. The molecule has 0 saturated heterocycles. The van der Waals surface area contributed by atoms with Gasteiger partial charge >= 0.3 is 29.3 Å². The summed E-state index contributed by atoms with van der Waals surface area (Å²) in [6, 6.07) is 0. The van der Waals surface area contributed by atoms with Crippen molar-refractivity contribution in [3.8, 4) is 0 Å². The summed E-state index contributed by atoms with van der Waals surface area (Å²) in [5, 5.41) is 0. The predicted octanol–water partition coefficient (Wildman–Crippen LogP) is 25.4. The third-order valence-electron chi connectivity index (χ3n) is 16.4. The Morgan fingerprint density at radius 1 is 0.230 bits per heavy atom. The first-order chi connectivity index (χ1) is 36.4. The summed E-state index contributed by atoms with van der Waals surface area (Å²) in [4.78, 5) is 0. The fourth-order valence-electron chi connectivity index (χ4n) is 11.3. The van der Waals surface area contributed by atoms with Gasteiger partial charge in [-0.1, -0.05) is 337 Å². The van der Waals surface area contributed by atoms with Crippen LogP contribution in [0.25, 0.3) is 0 Å². The first kappa shape index (κ1) is 79.5. The fourth-order valence-corrected chi connectivity index (χ4v) is 17.5. The molecular formula is C68H145O3P2Ti+. The molecule has 0 aliphatic heterocycles. The Balaban J connectivity index is -0.00000139. The van der Waals surface area contributed by atoms with Crippen molar-refractivity contribution in [3.05, 3.63) is 0 Å². The van der Waals surface area contributed by atoms with E-state index in [-0.39, 0.29) is 0 Å². The van der Waals surface area contributed by atoms with Crippen molar-refractivity contribution in [2.24, 2.45) is 0 Å². The van der Waals surface area contributed by atoms with Crippen molar-refractivity contribution in [1.82, 2.24) is 0 Å². The van der Waals surface area contributed by atoms with Gasteiger partial charge in [0, 0.05) is 7.26 Å². The molecule has 0 unspecified atom stereocenters. The van der Waals surface area contributed by atoms with Gasteiger partial charge in [-0.25, -0.2) is 0 Å². The molecule has 0 bridgehead atoms. The molecule has 0 fully saturated rings. The van der Waals surface area contributed by atoms with Gasteiger partial charge in [-0.05, 0) is 76.5 Å². The van der Waals surface area contributed by atoms with E-state index in [1.165, 1.54) is 355 Å². The molecule has 448 valence electrons. The Kier molecular flexibility index (Phi) is 79.8. The molecule has 74 heavy (non-hydrogen) atoms. The zero-order valence-corrected chi connectivity index (χ0v) is 56.0. The van der Waals surface area contributed by atoms with Crippen LogP contribution in [-0.4, -0.2) is 44.3 Å². The van der Waals surface area contributed by atoms with Gasteiger partial charge in [0.1, 0.15) is 0 Å². The van der Waals surface area contributed by atoms with Crippen LogP contribution in [0.3, 0.4) is 0 Å². The summed E-state index contributed by atoms with van der Waals surface area (Å²) < 4.78 is 23.2. The molecule has 0 atom stereocenters. The van der Waals surface area contributed by atoms with E-state index < -0.39 is 25.9 Å². The van der Waals surface area contributed by atoms with E-state index in [1.54, 1.807) is 50.3 Å². The van der Waals surface area contributed by atoms with Crippen LogP contribution < -0.4 is 0 Å². The van der Waals surface area contributed by atoms with Gasteiger partial charge in [0.05, 0.1) is 24.6 Å². The van der Waals surface area contributed by atoms with Crippen molar-refractivity contribution in [1.29, 1.82) is 0 Å². The van der Waals surface area contributed by atoms with Crippen LogP contribution in [0.2, 0.25) is 0 Å². The summed E-state index contributed by atoms with van der Waals surface area (Å²) in [6.45, 7) is 14.0. The zero-order chi connectivity index (χ0) is 54.6. The minimum atomic E-state index is -3.58. The van der Waals surface area contributed by atoms with Crippen molar-refractivity contribution in [2.75, 3.05) is 37.0 Å². The van der Waals surface area contributed by atoms with Gasteiger partial charge < -0.3 is 0 Å². The van der Waals surface area contributed by atoms with Crippen LogP contribution in [0.5, 0.6) is 0 Å². The molecule has 0 amide bonds. The summed E-state index contributed by atoms with van der Waals surface area (Å²) in [7, 11) is 0.494. The van der Waals surface area contributed by atoms with E-state index in [4.69, 9.17) is 10.7 Å². The minimum absolute atomic E-state index is 0.762. The second-order valence-corrected chi connectivity index (χ2v) is 30.8. The Hall–Kier alpha value is 1.29. The number of rotatable bonds is 62. The molecule has 0 spiro atoms. The summed E-state index contributed by atoms with van der Waals surface area (Å²) in [5.41, 5.74) is 0. The Morgan fingerprint density at radius 3 is 0.500 bits per heavy atom. The van der Waals surface area contributed by atoms with E-state index in [0.717, 1.165) is 0 Å². The zero-order valence-electron chi connectivity index (χ0n) is 52.6. The van der Waals surface area contributed by atoms with E-state index >= 15 is 0 Å². The van der Waals surface area contributed by atoms with Crippen LogP contribution in [-0.2, 0) is 21.9 Å². The summed E-state index contributed by atoms with van der Waals surface area (Å²) >= 11 is -3.58. The van der Waals surface area contributed by atoms with Gasteiger partial charge in [0.15, 0.2) is 0 Å². The van der Waals surface area contributed by atoms with Gasteiger partial charge in [-0.2, -0.15) is 0 Å². The molecule has 0 rings (SSSR count). The predicted molar refractivity (Wildman–Crippen MR) is 342 cm³/mol. The molecule has 0 heterocycles. The third-order valence-corrected chi connectivity index (χ3v) is 22.8. The molecule has 3 nitrogen and oxygen atoms in total. The molecular weight excluding hydrogens is 975 g/mol. The molecule has 0 radical (unpaired) electrons. The Labute approximate surface area is 480 Å². The van der Waals surface area contributed by atoms with Crippen LogP contribution in [0.15, 0.2) is 0 Å². The van der Waals surface area contributed by atoms with E-state index in [1.807, 2.05) is 0 Å². The molecule has 0 aromatic heterocycles. The Morgan fingerprint density at radius 2 is 0.351 bits per heavy atom. The van der Waals surface area contributed by atoms with E-state index in [9.17, 15) is 0 Å². The summed E-state index contributed by atoms with van der Waals surface area (Å²) in [6.07, 6.45) is 92.7. The monoisotopic (exact) mass is 1120 g/mol. The molecule has 0 saturated carbocycles. The second-order valence-electron chi connectivity index (χ2n) is 23.9. The molecule has 6 heteroatoms. The van der Waals surface area contributed by atoms with E-state index in [0.29, 0.717) is 0 Å². The normalized spacial score (nSPS) is 11.5. The van der Waals surface area contributed by atoms with Gasteiger partial charge in [-0.3, -0.25) is 0 Å². The van der Waals surface area contributed by atoms with Crippen molar-refractivity contribution >= 4 is 15.8 Å². The average Bonchev–Trinajstić information content (AvgIpc) is 3.39. The van der Waals surface area contributed by atoms with Crippen LogP contribution in [0.4, 0.5) is 0 Å². The maximum absolute atomic E-state index is 8.81. The third kappa shape index (κ3) is 75.4. The van der Waals surface area contributed by atoms with Crippen LogP contribution in [0, 0.1) is 0 Å². The van der Waals surface area contributed by atoms with Gasteiger partial charge in [0.25, 0.3) is 0 Å². The SMILES string of the molecule is CCCCCCCCCCCCCPCCCCCCCCCCCCC.CCCCCCCCCCCCC[P+](CCCCCCCC)(CCCCCCCC)CCCCCCCCCCCCC.[O]=[Ti]([OH])[OH]. The number of hydrogen-bond acceptors (Lipinski definition) is 1. The second kappa shape index (κ2) is 74.3. The van der Waals surface area contributed by atoms with Gasteiger partial charge in [-0.15, -0.1) is 8.58 Å². The van der Waals surface area contributed by atoms with Crippen molar-refractivity contribution < 1.29 is 29.3 Å². The summed E-state index contributed by atoms with van der Waals surface area (Å²) in [5.74, 6) is 0. The molecule has 2 N–H and O–H groups in total. The van der Waals surface area contributed by atoms with Gasteiger partial charge in [0.2, 0.25) is 0 Å². The van der Waals surface area contributed by atoms with Crippen LogP contribution >= 0.6 is 15.8 Å². The van der Waals surface area contributed by atoms with Crippen molar-refractivity contribution in [2.45, 2.75) is 401 Å². The standard InChI is InChI=1S/C42H88P.C26H55P.2H2O.O.Ti/c1-5-9-13-17-21-23-25-27-29-33-37-41-43(39-35-31-19-15-11-7-3,40-36-32-20-16-12-8-4)42-38-34-30-28-26-24-22-18-14-10-6-2;1-3-5-7-9-11-13-15-17-19-21-23-25-27-26-24-22-20-18-16-14-12-10-8-6-4-2;;;;/h5-42H2,1-4H3;27H,3-26H2,1-2H3;2*1H2;;/q+1;;;;;+2/p-2. The van der Waals surface area contributed by atoms with Crippen LogP contribution in [0.1, 0.15) is 401 Å². The molecule has 0 aliphatic rings. The number of unbranched alkanes of at least 4 members (excludes halogenated alkanes) is 50. The maximum atomic E-state index is 8.81. The van der Waals surface area contributed by atoms with Crippen molar-refractivity contribution in [3.63, 3.8) is 0 Å². The average molecular weight is 1120 g/mol. The molecule has 0 aromatic rings. The molecule has 0 aromatic carbocycles.